The fourth-order valence-electron chi connectivity index (χ4n) is 1.34. The van der Waals surface area contributed by atoms with Gasteiger partial charge in [0.15, 0.2) is 5.82 Å². The summed E-state index contributed by atoms with van der Waals surface area (Å²) < 4.78 is 5.23. The predicted molar refractivity (Wildman–Crippen MR) is 66.6 cm³/mol. The van der Waals surface area contributed by atoms with E-state index in [0.29, 0.717) is 30.7 Å². The molecule has 0 amide bonds. The third-order valence-electron chi connectivity index (χ3n) is 2.29. The van der Waals surface area contributed by atoms with Gasteiger partial charge in [-0.25, -0.2) is 9.97 Å². The fourth-order valence-corrected chi connectivity index (χ4v) is 1.34. The molecular formula is C11H20N4O2. The van der Waals surface area contributed by atoms with Crippen molar-refractivity contribution in [3.05, 3.63) is 11.9 Å². The summed E-state index contributed by atoms with van der Waals surface area (Å²) in [6.07, 6.45) is 0.807. The molecule has 0 saturated carbocycles. The average molecular weight is 240 g/mol. The van der Waals surface area contributed by atoms with Crippen molar-refractivity contribution in [1.29, 1.82) is 0 Å². The molecule has 1 rings (SSSR count). The minimum atomic E-state index is -0.0238. The molecule has 6 nitrogen and oxygen atoms in total. The highest BCUT2D eigenvalue weighted by Gasteiger charge is 2.07. The van der Waals surface area contributed by atoms with Crippen LogP contribution in [0.5, 0.6) is 0 Å². The second-order valence-electron chi connectivity index (χ2n) is 3.66. The zero-order valence-electron chi connectivity index (χ0n) is 10.3. The van der Waals surface area contributed by atoms with E-state index >= 15 is 0 Å². The molecule has 0 fully saturated rings. The molecule has 17 heavy (non-hydrogen) atoms. The number of nitrogens with one attached hydrogen (secondary N) is 1. The van der Waals surface area contributed by atoms with E-state index in [-0.39, 0.29) is 12.6 Å². The Labute approximate surface area is 101 Å². The average Bonchev–Trinajstić information content (AvgIpc) is 2.32. The van der Waals surface area contributed by atoms with Crippen LogP contribution in [0.1, 0.15) is 26.1 Å². The van der Waals surface area contributed by atoms with Crippen LogP contribution < -0.4 is 11.1 Å². The van der Waals surface area contributed by atoms with Crippen molar-refractivity contribution < 1.29 is 9.84 Å². The van der Waals surface area contributed by atoms with Crippen LogP contribution in [0.3, 0.4) is 0 Å². The van der Waals surface area contributed by atoms with Crippen LogP contribution in [0.2, 0.25) is 0 Å². The van der Waals surface area contributed by atoms with Gasteiger partial charge in [-0.15, -0.1) is 0 Å². The molecule has 0 spiro atoms. The van der Waals surface area contributed by atoms with Crippen molar-refractivity contribution in [2.45, 2.75) is 32.9 Å². The lowest BCUT2D eigenvalue weighted by Gasteiger charge is -2.15. The fraction of sp³-hybridized carbons (Fsp3) is 0.636. The van der Waals surface area contributed by atoms with Gasteiger partial charge in [-0.1, -0.05) is 6.92 Å². The van der Waals surface area contributed by atoms with E-state index in [4.69, 9.17) is 15.6 Å². The summed E-state index contributed by atoms with van der Waals surface area (Å²) in [4.78, 5) is 8.34. The Balaban J connectivity index is 2.74. The lowest BCUT2D eigenvalue weighted by atomic mass is 10.2. The van der Waals surface area contributed by atoms with Crippen LogP contribution >= 0.6 is 0 Å². The van der Waals surface area contributed by atoms with Crippen molar-refractivity contribution >= 4 is 11.6 Å². The van der Waals surface area contributed by atoms with Crippen LogP contribution in [0.25, 0.3) is 0 Å². The molecule has 6 heteroatoms. The number of nitrogens with zero attached hydrogens (tertiary/aromatic N) is 2. The minimum absolute atomic E-state index is 0.0238. The van der Waals surface area contributed by atoms with Gasteiger partial charge in [0.1, 0.15) is 18.2 Å². The van der Waals surface area contributed by atoms with E-state index in [1.165, 1.54) is 0 Å². The topological polar surface area (TPSA) is 93.3 Å². The van der Waals surface area contributed by atoms with E-state index in [1.807, 2.05) is 13.8 Å². The number of aliphatic hydroxyl groups is 1. The summed E-state index contributed by atoms with van der Waals surface area (Å²) in [5, 5.41) is 12.2. The maximum atomic E-state index is 9.11. The van der Waals surface area contributed by atoms with Gasteiger partial charge in [-0.2, -0.15) is 0 Å². The predicted octanol–water partition coefficient (Wildman–Crippen LogP) is 0.778. The Kier molecular flexibility index (Phi) is 5.65. The summed E-state index contributed by atoms with van der Waals surface area (Å²) in [6, 6.07) is 1.62. The van der Waals surface area contributed by atoms with Gasteiger partial charge in [-0.3, -0.25) is 0 Å². The highest BCUT2D eigenvalue weighted by atomic mass is 16.5. The molecule has 96 valence electrons. The second kappa shape index (κ2) is 7.03. The summed E-state index contributed by atoms with van der Waals surface area (Å²) in [7, 11) is 0. The summed E-state index contributed by atoms with van der Waals surface area (Å²) >= 11 is 0. The first-order chi connectivity index (χ1) is 8.19. The first kappa shape index (κ1) is 13.7. The molecule has 0 aliphatic heterocycles. The van der Waals surface area contributed by atoms with Gasteiger partial charge in [0.05, 0.1) is 12.6 Å². The minimum Gasteiger partial charge on any atom is -0.394 e. The maximum absolute atomic E-state index is 9.11. The zero-order chi connectivity index (χ0) is 12.7. The van der Waals surface area contributed by atoms with Crippen LogP contribution in [0, 0.1) is 0 Å². The third-order valence-corrected chi connectivity index (χ3v) is 2.29. The van der Waals surface area contributed by atoms with Gasteiger partial charge in [0.25, 0.3) is 0 Å². The Hall–Kier alpha value is -1.40. The van der Waals surface area contributed by atoms with Crippen molar-refractivity contribution in [2.75, 3.05) is 24.3 Å². The van der Waals surface area contributed by atoms with Gasteiger partial charge < -0.3 is 20.9 Å². The van der Waals surface area contributed by atoms with Crippen LogP contribution in [-0.4, -0.2) is 34.3 Å². The van der Waals surface area contributed by atoms with E-state index in [0.717, 1.165) is 6.42 Å². The zero-order valence-corrected chi connectivity index (χ0v) is 10.3. The lowest BCUT2D eigenvalue weighted by molar-refractivity contribution is 0.128. The number of aliphatic hydroxyl groups excluding tert-OH is 1. The standard InChI is InChI=1S/C11H20N4O2/c1-3-8(6-16)13-10-5-9(12)14-11(15-10)7-17-4-2/h5,8,16H,3-4,6-7H2,1-2H3,(H3,12,13,14,15). The van der Waals surface area contributed by atoms with Crippen molar-refractivity contribution in [1.82, 2.24) is 9.97 Å². The van der Waals surface area contributed by atoms with Gasteiger partial charge in [0, 0.05) is 12.7 Å². The molecule has 0 radical (unpaired) electrons. The first-order valence-corrected chi connectivity index (χ1v) is 5.78. The Morgan fingerprint density at radius 2 is 2.24 bits per heavy atom. The molecule has 0 aliphatic rings. The van der Waals surface area contributed by atoms with E-state index in [9.17, 15) is 0 Å². The summed E-state index contributed by atoms with van der Waals surface area (Å²) in [5.41, 5.74) is 5.68. The highest BCUT2D eigenvalue weighted by molar-refractivity contribution is 5.45. The van der Waals surface area contributed by atoms with Gasteiger partial charge >= 0.3 is 0 Å². The number of hydrogen-bond donors (Lipinski definition) is 3. The lowest BCUT2D eigenvalue weighted by Crippen LogP contribution is -2.23. The normalized spacial score (nSPS) is 12.4. The third kappa shape index (κ3) is 4.54. The number of anilines is 2. The smallest absolute Gasteiger partial charge is 0.158 e. The molecule has 0 aliphatic carbocycles. The van der Waals surface area contributed by atoms with Gasteiger partial charge in [-0.05, 0) is 13.3 Å². The summed E-state index contributed by atoms with van der Waals surface area (Å²) in [5.74, 6) is 1.56. The number of ether oxygens (including phenoxy) is 1. The second-order valence-corrected chi connectivity index (χ2v) is 3.66. The molecule has 0 bridgehead atoms. The van der Waals surface area contributed by atoms with E-state index < -0.39 is 0 Å². The quantitative estimate of drug-likeness (QED) is 0.652. The van der Waals surface area contributed by atoms with Crippen LogP contribution in [-0.2, 0) is 11.3 Å². The molecule has 1 aromatic heterocycles. The molecule has 1 unspecified atom stereocenters. The Morgan fingerprint density at radius 3 is 2.82 bits per heavy atom. The number of aromatic nitrogens is 2. The van der Waals surface area contributed by atoms with Crippen LogP contribution in [0.4, 0.5) is 11.6 Å². The number of hydrogen-bond acceptors (Lipinski definition) is 6. The molecular weight excluding hydrogens is 220 g/mol. The first-order valence-electron chi connectivity index (χ1n) is 5.78. The molecule has 1 atom stereocenters. The Bertz CT molecular complexity index is 342. The number of rotatable bonds is 7. The largest absolute Gasteiger partial charge is 0.394 e. The molecule has 4 N–H and O–H groups in total. The van der Waals surface area contributed by atoms with Gasteiger partial charge in [0.2, 0.25) is 0 Å². The van der Waals surface area contributed by atoms with Crippen molar-refractivity contribution in [2.24, 2.45) is 0 Å². The SMILES string of the molecule is CCOCc1nc(N)cc(NC(CC)CO)n1. The highest BCUT2D eigenvalue weighted by Crippen LogP contribution is 2.11. The Morgan fingerprint density at radius 1 is 1.47 bits per heavy atom. The molecule has 1 heterocycles. The van der Waals surface area contributed by atoms with E-state index in [2.05, 4.69) is 15.3 Å². The molecule has 0 saturated heterocycles. The summed E-state index contributed by atoms with van der Waals surface area (Å²) in [6.45, 7) is 4.90. The van der Waals surface area contributed by atoms with Crippen LogP contribution in [0.15, 0.2) is 6.07 Å². The monoisotopic (exact) mass is 240 g/mol. The maximum Gasteiger partial charge on any atom is 0.158 e. The van der Waals surface area contributed by atoms with Crippen molar-refractivity contribution in [3.8, 4) is 0 Å². The van der Waals surface area contributed by atoms with E-state index in [1.54, 1.807) is 6.07 Å². The van der Waals surface area contributed by atoms with Crippen molar-refractivity contribution in [3.63, 3.8) is 0 Å². The number of nitrogen functional groups attached to an aromatic ring is 1. The number of nitrogens with two attached hydrogens (primary N) is 1. The molecule has 0 aromatic carbocycles. The molecule has 1 aromatic rings.